The highest BCUT2D eigenvalue weighted by atomic mass is 16.5. The van der Waals surface area contributed by atoms with E-state index in [9.17, 15) is 9.59 Å². The number of benzene rings is 1. The van der Waals surface area contributed by atoms with Gasteiger partial charge in [0.05, 0.1) is 12.6 Å². The number of carbonyl (C=O) groups excluding carboxylic acids is 1. The Morgan fingerprint density at radius 3 is 2.87 bits per heavy atom. The number of aromatic amines is 1. The highest BCUT2D eigenvalue weighted by Crippen LogP contribution is 2.25. The maximum atomic E-state index is 12.5. The van der Waals surface area contributed by atoms with Crippen LogP contribution < -0.4 is 10.9 Å². The maximum absolute atomic E-state index is 12.5. The van der Waals surface area contributed by atoms with Crippen molar-refractivity contribution in [2.75, 3.05) is 26.2 Å². The van der Waals surface area contributed by atoms with Gasteiger partial charge in [0.1, 0.15) is 16.9 Å². The molecule has 0 spiro atoms. The Hall–Kier alpha value is -2.71. The minimum absolute atomic E-state index is 0.0366. The molecule has 1 amide bonds. The Bertz CT molecular complexity index is 1100. The van der Waals surface area contributed by atoms with Gasteiger partial charge < -0.3 is 19.5 Å². The number of amides is 1. The van der Waals surface area contributed by atoms with Crippen molar-refractivity contribution in [1.82, 2.24) is 20.2 Å². The molecule has 2 N–H and O–H groups in total. The lowest BCUT2D eigenvalue weighted by Crippen LogP contribution is -2.41. The minimum Gasteiger partial charge on any atom is -0.449 e. The number of para-hydroxylation sites is 1. The van der Waals surface area contributed by atoms with Gasteiger partial charge in [0.25, 0.3) is 5.56 Å². The molecule has 0 saturated carbocycles. The molecule has 8 nitrogen and oxygen atoms in total. The van der Waals surface area contributed by atoms with Gasteiger partial charge in [0.2, 0.25) is 11.5 Å². The third-order valence-corrected chi connectivity index (χ3v) is 5.68. The molecule has 2 aromatic heterocycles. The summed E-state index contributed by atoms with van der Waals surface area (Å²) in [4.78, 5) is 34.6. The number of rotatable bonds is 8. The van der Waals surface area contributed by atoms with Crippen molar-refractivity contribution < 1.29 is 13.9 Å². The van der Waals surface area contributed by atoms with Crippen LogP contribution >= 0.6 is 0 Å². The van der Waals surface area contributed by atoms with Crippen LogP contribution in [0.2, 0.25) is 0 Å². The van der Waals surface area contributed by atoms with E-state index in [1.54, 1.807) is 0 Å². The molecule has 4 rings (SSSR count). The zero-order chi connectivity index (χ0) is 21.8. The summed E-state index contributed by atoms with van der Waals surface area (Å²) in [6.45, 7) is 7.46. The number of aromatic nitrogens is 2. The van der Waals surface area contributed by atoms with Crippen LogP contribution in [-0.2, 0) is 16.1 Å². The van der Waals surface area contributed by atoms with Crippen LogP contribution in [0.25, 0.3) is 22.1 Å². The Labute approximate surface area is 181 Å². The van der Waals surface area contributed by atoms with Crippen molar-refractivity contribution in [3.8, 4) is 0 Å². The molecule has 1 aromatic carbocycles. The number of piperidine rings is 1. The number of fused-ring (bicyclic) bond motifs is 3. The Balaban J connectivity index is 1.31. The fraction of sp³-hybridized carbons (Fsp3) is 0.522. The first-order chi connectivity index (χ1) is 15.0. The third kappa shape index (κ3) is 5.14. The van der Waals surface area contributed by atoms with Crippen LogP contribution in [0.15, 0.2) is 33.5 Å². The van der Waals surface area contributed by atoms with E-state index in [0.29, 0.717) is 36.6 Å². The monoisotopic (exact) mass is 426 g/mol. The van der Waals surface area contributed by atoms with Crippen molar-refractivity contribution in [2.24, 2.45) is 5.92 Å². The molecule has 0 atom stereocenters. The predicted molar refractivity (Wildman–Crippen MR) is 119 cm³/mol. The average Bonchev–Trinajstić information content (AvgIpc) is 3.13. The number of nitrogens with one attached hydrogen (secondary N) is 2. The summed E-state index contributed by atoms with van der Waals surface area (Å²) in [7, 11) is 0. The topological polar surface area (TPSA) is 100 Å². The molecule has 1 fully saturated rings. The fourth-order valence-corrected chi connectivity index (χ4v) is 4.03. The van der Waals surface area contributed by atoms with Gasteiger partial charge in [-0.3, -0.25) is 14.5 Å². The molecule has 1 aliphatic heterocycles. The van der Waals surface area contributed by atoms with Gasteiger partial charge in [0.15, 0.2) is 0 Å². The van der Waals surface area contributed by atoms with Gasteiger partial charge in [-0.2, -0.15) is 0 Å². The van der Waals surface area contributed by atoms with Gasteiger partial charge in [-0.05, 0) is 58.3 Å². The largest absolute Gasteiger partial charge is 0.449 e. The highest BCUT2D eigenvalue weighted by Gasteiger charge is 2.25. The van der Waals surface area contributed by atoms with E-state index in [4.69, 9.17) is 9.15 Å². The number of ether oxygens (including phenoxy) is 1. The molecule has 8 heteroatoms. The second kappa shape index (κ2) is 9.62. The molecule has 1 aliphatic rings. The van der Waals surface area contributed by atoms with E-state index in [2.05, 4.69) is 20.2 Å². The summed E-state index contributed by atoms with van der Waals surface area (Å²) < 4.78 is 11.2. The van der Waals surface area contributed by atoms with Gasteiger partial charge in [0, 0.05) is 24.5 Å². The fourth-order valence-electron chi connectivity index (χ4n) is 4.03. The van der Waals surface area contributed by atoms with E-state index in [1.165, 1.54) is 0 Å². The summed E-state index contributed by atoms with van der Waals surface area (Å²) in [5.74, 6) is 0.786. The molecule has 31 heavy (non-hydrogen) atoms. The maximum Gasteiger partial charge on any atom is 0.294 e. The summed E-state index contributed by atoms with van der Waals surface area (Å²) in [5, 5.41) is 3.87. The molecule has 0 unspecified atom stereocenters. The molecule has 166 valence electrons. The second-order valence-electron chi connectivity index (χ2n) is 8.40. The quantitative estimate of drug-likeness (QED) is 0.537. The average molecular weight is 427 g/mol. The molecule has 0 aliphatic carbocycles. The molecule has 0 bridgehead atoms. The van der Waals surface area contributed by atoms with Crippen molar-refractivity contribution in [3.63, 3.8) is 0 Å². The molecule has 3 aromatic rings. The SMILES string of the molecule is CC(C)OCCCNC(=O)C1CCN(Cc2nc3c(oc4ccccc43)c(=O)[nH]2)CC1. The zero-order valence-electron chi connectivity index (χ0n) is 18.1. The number of carbonyl (C=O) groups is 1. The van der Waals surface area contributed by atoms with Crippen molar-refractivity contribution >= 4 is 28.0 Å². The van der Waals surface area contributed by atoms with Crippen LogP contribution in [0, 0.1) is 5.92 Å². The van der Waals surface area contributed by atoms with Crippen molar-refractivity contribution in [1.29, 1.82) is 0 Å². The van der Waals surface area contributed by atoms with Crippen LogP contribution in [-0.4, -0.2) is 53.1 Å². The number of furan rings is 1. The Kier molecular flexibility index (Phi) is 6.67. The molecule has 3 heterocycles. The lowest BCUT2D eigenvalue weighted by atomic mass is 9.96. The van der Waals surface area contributed by atoms with Crippen molar-refractivity contribution in [3.05, 3.63) is 40.4 Å². The molecular weight excluding hydrogens is 396 g/mol. The van der Waals surface area contributed by atoms with E-state index in [0.717, 1.165) is 37.7 Å². The van der Waals surface area contributed by atoms with Crippen LogP contribution in [0.3, 0.4) is 0 Å². The summed E-state index contributed by atoms with van der Waals surface area (Å²) in [5.41, 5.74) is 1.27. The van der Waals surface area contributed by atoms with Crippen LogP contribution in [0.1, 0.15) is 38.9 Å². The Morgan fingerprint density at radius 1 is 1.32 bits per heavy atom. The van der Waals surface area contributed by atoms with Gasteiger partial charge in [-0.25, -0.2) is 4.98 Å². The third-order valence-electron chi connectivity index (χ3n) is 5.68. The summed E-state index contributed by atoms with van der Waals surface area (Å²) in [6, 6.07) is 7.53. The van der Waals surface area contributed by atoms with E-state index >= 15 is 0 Å². The number of likely N-dealkylation sites (tertiary alicyclic amines) is 1. The minimum atomic E-state index is -0.257. The van der Waals surface area contributed by atoms with Crippen LogP contribution in [0.4, 0.5) is 0 Å². The molecular formula is C23H30N4O4. The summed E-state index contributed by atoms with van der Waals surface area (Å²) in [6.07, 6.45) is 2.65. The molecule has 1 saturated heterocycles. The first-order valence-electron chi connectivity index (χ1n) is 11.0. The highest BCUT2D eigenvalue weighted by molar-refractivity contribution is 6.01. The van der Waals surface area contributed by atoms with Gasteiger partial charge in [-0.1, -0.05) is 12.1 Å². The second-order valence-corrected chi connectivity index (χ2v) is 8.40. The first kappa shape index (κ1) is 21.5. The van der Waals surface area contributed by atoms with Crippen molar-refractivity contribution in [2.45, 2.75) is 45.8 Å². The number of hydrogen-bond acceptors (Lipinski definition) is 6. The Morgan fingerprint density at radius 2 is 2.10 bits per heavy atom. The lowest BCUT2D eigenvalue weighted by Gasteiger charge is -2.30. The smallest absolute Gasteiger partial charge is 0.294 e. The number of hydrogen-bond donors (Lipinski definition) is 2. The molecule has 0 radical (unpaired) electrons. The predicted octanol–water partition coefficient (Wildman–Crippen LogP) is 2.81. The number of nitrogens with zero attached hydrogens (tertiary/aromatic N) is 2. The first-order valence-corrected chi connectivity index (χ1v) is 11.0. The lowest BCUT2D eigenvalue weighted by molar-refractivity contribution is -0.126. The van der Waals surface area contributed by atoms with Gasteiger partial charge in [-0.15, -0.1) is 0 Å². The standard InChI is InChI=1S/C23H30N4O4/c1-15(2)30-13-5-10-24-22(28)16-8-11-27(12-9-16)14-19-25-20-17-6-3-4-7-18(17)31-21(20)23(29)26-19/h3-4,6-7,15-16H,5,8-14H2,1-2H3,(H,24,28)(H,25,26,29). The van der Waals surface area contributed by atoms with E-state index in [-0.39, 0.29) is 29.1 Å². The zero-order valence-corrected chi connectivity index (χ0v) is 18.1. The van der Waals surface area contributed by atoms with E-state index < -0.39 is 0 Å². The summed E-state index contributed by atoms with van der Waals surface area (Å²) >= 11 is 0. The van der Waals surface area contributed by atoms with Gasteiger partial charge >= 0.3 is 0 Å². The normalized spacial score (nSPS) is 15.8. The van der Waals surface area contributed by atoms with Crippen LogP contribution in [0.5, 0.6) is 0 Å². The van der Waals surface area contributed by atoms with E-state index in [1.807, 2.05) is 38.1 Å². The number of H-pyrrole nitrogens is 1.